The van der Waals surface area contributed by atoms with Crippen molar-refractivity contribution in [1.29, 1.82) is 0 Å². The molecule has 0 bridgehead atoms. The van der Waals surface area contributed by atoms with Crippen molar-refractivity contribution in [2.45, 2.75) is 6.29 Å². The predicted octanol–water partition coefficient (Wildman–Crippen LogP) is 2.56. The van der Waals surface area contributed by atoms with E-state index in [2.05, 4.69) is 0 Å². The van der Waals surface area contributed by atoms with Crippen LogP contribution in [0, 0.1) is 0 Å². The van der Waals surface area contributed by atoms with Crippen molar-refractivity contribution in [1.82, 2.24) is 0 Å². The van der Waals surface area contributed by atoms with E-state index >= 15 is 0 Å². The molecule has 0 aliphatic carbocycles. The van der Waals surface area contributed by atoms with E-state index in [0.29, 0.717) is 24.5 Å². The molecule has 4 heteroatoms. The second kappa shape index (κ2) is 4.76. The minimum absolute atomic E-state index is 0.139. The van der Waals surface area contributed by atoms with Gasteiger partial charge in [0.25, 0.3) is 0 Å². The van der Waals surface area contributed by atoms with Crippen molar-refractivity contribution < 1.29 is 18.7 Å². The van der Waals surface area contributed by atoms with Gasteiger partial charge < -0.3 is 13.9 Å². The van der Waals surface area contributed by atoms with Crippen LogP contribution in [0.5, 0.6) is 0 Å². The fourth-order valence-corrected chi connectivity index (χ4v) is 1.93. The number of carbonyl (C=O) groups excluding carboxylic acids is 1. The predicted molar refractivity (Wildman–Crippen MR) is 63.2 cm³/mol. The summed E-state index contributed by atoms with van der Waals surface area (Å²) in [7, 11) is 0. The van der Waals surface area contributed by atoms with Gasteiger partial charge >= 0.3 is 0 Å². The van der Waals surface area contributed by atoms with Gasteiger partial charge in [0.1, 0.15) is 0 Å². The van der Waals surface area contributed by atoms with Crippen LogP contribution in [0.2, 0.25) is 0 Å². The lowest BCUT2D eigenvalue weighted by molar-refractivity contribution is -0.0441. The first-order valence-corrected chi connectivity index (χ1v) is 5.76. The summed E-state index contributed by atoms with van der Waals surface area (Å²) < 4.78 is 15.9. The van der Waals surface area contributed by atoms with E-state index < -0.39 is 0 Å². The molecular formula is C14H12O4. The van der Waals surface area contributed by atoms with Crippen LogP contribution in [0.25, 0.3) is 0 Å². The quantitative estimate of drug-likeness (QED) is 0.778. The first kappa shape index (κ1) is 11.2. The van der Waals surface area contributed by atoms with Gasteiger partial charge in [0, 0.05) is 11.1 Å². The second-order valence-corrected chi connectivity index (χ2v) is 4.01. The molecule has 0 N–H and O–H groups in total. The molecule has 2 heterocycles. The molecule has 92 valence electrons. The Labute approximate surface area is 104 Å². The molecule has 0 spiro atoms. The van der Waals surface area contributed by atoms with Gasteiger partial charge in [0.05, 0.1) is 19.5 Å². The van der Waals surface area contributed by atoms with Gasteiger partial charge in [0.15, 0.2) is 12.1 Å². The molecular weight excluding hydrogens is 232 g/mol. The Bertz CT molecular complexity index is 539. The highest BCUT2D eigenvalue weighted by Crippen LogP contribution is 2.24. The van der Waals surface area contributed by atoms with E-state index in [4.69, 9.17) is 13.9 Å². The Balaban J connectivity index is 1.88. The minimum atomic E-state index is -0.366. The molecule has 4 nitrogen and oxygen atoms in total. The number of rotatable bonds is 3. The molecule has 1 fully saturated rings. The van der Waals surface area contributed by atoms with Gasteiger partial charge in [-0.2, -0.15) is 0 Å². The Hall–Kier alpha value is -1.91. The lowest BCUT2D eigenvalue weighted by Gasteiger charge is -2.09. The van der Waals surface area contributed by atoms with Gasteiger partial charge in [-0.25, -0.2) is 0 Å². The number of ether oxygens (including phenoxy) is 2. The van der Waals surface area contributed by atoms with Crippen LogP contribution >= 0.6 is 0 Å². The number of benzene rings is 1. The van der Waals surface area contributed by atoms with E-state index in [0.717, 1.165) is 5.56 Å². The maximum Gasteiger partial charge on any atom is 0.228 e. The molecule has 0 amide bonds. The largest absolute Gasteiger partial charge is 0.461 e. The van der Waals surface area contributed by atoms with E-state index in [1.165, 1.54) is 6.26 Å². The number of ketones is 1. The summed E-state index contributed by atoms with van der Waals surface area (Å²) in [5.41, 5.74) is 1.42. The summed E-state index contributed by atoms with van der Waals surface area (Å²) in [6.07, 6.45) is 1.12. The highest BCUT2D eigenvalue weighted by Gasteiger charge is 2.20. The van der Waals surface area contributed by atoms with Crippen molar-refractivity contribution in [3.05, 3.63) is 59.5 Å². The van der Waals surface area contributed by atoms with Gasteiger partial charge in [-0.3, -0.25) is 4.79 Å². The number of hydrogen-bond acceptors (Lipinski definition) is 4. The third kappa shape index (κ3) is 2.08. The summed E-state index contributed by atoms with van der Waals surface area (Å²) in [5.74, 6) is 0.195. The van der Waals surface area contributed by atoms with Gasteiger partial charge in [-0.1, -0.05) is 18.2 Å². The summed E-state index contributed by atoms with van der Waals surface area (Å²) in [6, 6.07) is 10.6. The van der Waals surface area contributed by atoms with Crippen LogP contribution < -0.4 is 0 Å². The Kier molecular flexibility index (Phi) is 2.96. The molecule has 1 aromatic heterocycles. The number of furan rings is 1. The third-order valence-corrected chi connectivity index (χ3v) is 2.79. The molecule has 1 aromatic carbocycles. The monoisotopic (exact) mass is 244 g/mol. The zero-order valence-corrected chi connectivity index (χ0v) is 9.67. The van der Waals surface area contributed by atoms with Crippen LogP contribution in [0.1, 0.15) is 28.0 Å². The first-order chi connectivity index (χ1) is 8.84. The SMILES string of the molecule is O=C(c1cccc(C2OCCO2)c1)c1ccco1. The fourth-order valence-electron chi connectivity index (χ4n) is 1.93. The topological polar surface area (TPSA) is 48.7 Å². The molecule has 0 saturated carbocycles. The summed E-state index contributed by atoms with van der Waals surface area (Å²) in [5, 5.41) is 0. The number of carbonyl (C=O) groups is 1. The Morgan fingerprint density at radius 3 is 2.67 bits per heavy atom. The van der Waals surface area contributed by atoms with Crippen molar-refractivity contribution in [3.63, 3.8) is 0 Å². The maximum absolute atomic E-state index is 12.1. The van der Waals surface area contributed by atoms with Crippen molar-refractivity contribution in [3.8, 4) is 0 Å². The lowest BCUT2D eigenvalue weighted by atomic mass is 10.1. The van der Waals surface area contributed by atoms with Crippen molar-refractivity contribution in [2.24, 2.45) is 0 Å². The maximum atomic E-state index is 12.1. The molecule has 0 radical (unpaired) electrons. The van der Waals surface area contributed by atoms with Crippen molar-refractivity contribution in [2.75, 3.05) is 13.2 Å². The highest BCUT2D eigenvalue weighted by atomic mass is 16.7. The van der Waals surface area contributed by atoms with Crippen LogP contribution in [0.15, 0.2) is 47.1 Å². The van der Waals surface area contributed by atoms with E-state index in [1.54, 1.807) is 24.3 Å². The van der Waals surface area contributed by atoms with Gasteiger partial charge in [-0.15, -0.1) is 0 Å². The third-order valence-electron chi connectivity index (χ3n) is 2.79. The molecule has 0 atom stereocenters. The normalized spacial score (nSPS) is 16.0. The molecule has 3 rings (SSSR count). The molecule has 1 aliphatic heterocycles. The zero-order valence-electron chi connectivity index (χ0n) is 9.67. The summed E-state index contributed by atoms with van der Waals surface area (Å²) in [4.78, 5) is 12.1. The minimum Gasteiger partial charge on any atom is -0.461 e. The van der Waals surface area contributed by atoms with Gasteiger partial charge in [-0.05, 0) is 18.2 Å². The average Bonchev–Trinajstić information content (AvgIpc) is 3.11. The standard InChI is InChI=1S/C14H12O4/c15-13(12-5-2-6-16-12)10-3-1-4-11(9-10)14-17-7-8-18-14/h1-6,9,14H,7-8H2. The first-order valence-electron chi connectivity index (χ1n) is 5.76. The lowest BCUT2D eigenvalue weighted by Crippen LogP contribution is -2.03. The average molecular weight is 244 g/mol. The second-order valence-electron chi connectivity index (χ2n) is 4.01. The molecule has 1 aliphatic rings. The molecule has 0 unspecified atom stereocenters. The summed E-state index contributed by atoms with van der Waals surface area (Å²) >= 11 is 0. The molecule has 18 heavy (non-hydrogen) atoms. The van der Waals surface area contributed by atoms with Crippen LogP contribution in [-0.2, 0) is 9.47 Å². The van der Waals surface area contributed by atoms with E-state index in [1.807, 2.05) is 12.1 Å². The fraction of sp³-hybridized carbons (Fsp3) is 0.214. The smallest absolute Gasteiger partial charge is 0.228 e. The molecule has 1 saturated heterocycles. The van der Waals surface area contributed by atoms with Crippen molar-refractivity contribution >= 4 is 5.78 Å². The molecule has 2 aromatic rings. The zero-order chi connectivity index (χ0) is 12.4. The van der Waals surface area contributed by atoms with E-state index in [-0.39, 0.29) is 12.1 Å². The Morgan fingerprint density at radius 1 is 1.11 bits per heavy atom. The Morgan fingerprint density at radius 2 is 1.94 bits per heavy atom. The van der Waals surface area contributed by atoms with E-state index in [9.17, 15) is 4.79 Å². The number of hydrogen-bond donors (Lipinski definition) is 0. The summed E-state index contributed by atoms with van der Waals surface area (Å²) in [6.45, 7) is 1.17. The van der Waals surface area contributed by atoms with Crippen LogP contribution in [0.3, 0.4) is 0 Å². The van der Waals surface area contributed by atoms with Gasteiger partial charge in [0.2, 0.25) is 5.78 Å². The highest BCUT2D eigenvalue weighted by molar-refractivity contribution is 6.07. The van der Waals surface area contributed by atoms with Crippen LogP contribution in [-0.4, -0.2) is 19.0 Å². The van der Waals surface area contributed by atoms with Crippen LogP contribution in [0.4, 0.5) is 0 Å².